The summed E-state index contributed by atoms with van der Waals surface area (Å²) in [6.07, 6.45) is 0.608. The van der Waals surface area contributed by atoms with E-state index in [0.717, 1.165) is 0 Å². The van der Waals surface area contributed by atoms with Gasteiger partial charge in [0.2, 0.25) is 6.04 Å². The molecule has 3 heteroatoms. The van der Waals surface area contributed by atoms with Crippen LogP contribution in [-0.4, -0.2) is 11.0 Å². The van der Waals surface area contributed by atoms with Gasteiger partial charge in [-0.2, -0.15) is 0 Å². The summed E-state index contributed by atoms with van der Waals surface area (Å²) in [6, 6.07) is -0.410. The molecule has 0 radical (unpaired) electrons. The molecular weight excluding hydrogens is 130 g/mol. The Morgan fingerprint density at radius 2 is 1.90 bits per heavy atom. The molecule has 3 nitrogen and oxygen atoms in total. The minimum absolute atomic E-state index is 0.194. The lowest BCUT2D eigenvalue weighted by atomic mass is 9.86. The van der Waals surface area contributed by atoms with Crippen molar-refractivity contribution in [2.24, 2.45) is 5.41 Å². The first-order valence-electron chi connectivity index (χ1n) is 3.53. The number of nitrogens with zero attached hydrogens (tertiary/aromatic N) is 1. The zero-order chi connectivity index (χ0) is 8.36. The number of hydrogen-bond acceptors (Lipinski definition) is 2. The summed E-state index contributed by atoms with van der Waals surface area (Å²) in [6.45, 7) is 7.52. The second-order valence-corrected chi connectivity index (χ2v) is 3.58. The van der Waals surface area contributed by atoms with Crippen molar-refractivity contribution in [3.8, 4) is 0 Å². The van der Waals surface area contributed by atoms with Gasteiger partial charge in [0.05, 0.1) is 0 Å². The summed E-state index contributed by atoms with van der Waals surface area (Å²) >= 11 is 0. The van der Waals surface area contributed by atoms with Crippen molar-refractivity contribution in [2.45, 2.75) is 40.2 Å². The van der Waals surface area contributed by atoms with E-state index in [4.69, 9.17) is 0 Å². The van der Waals surface area contributed by atoms with Gasteiger partial charge in [-0.3, -0.25) is 10.1 Å². The molecule has 0 fully saturated rings. The Balaban J connectivity index is 4.22. The fourth-order valence-corrected chi connectivity index (χ4v) is 1.08. The lowest BCUT2D eigenvalue weighted by Crippen LogP contribution is -2.33. The van der Waals surface area contributed by atoms with Crippen LogP contribution in [0.5, 0.6) is 0 Å². The number of nitro groups is 1. The highest BCUT2D eigenvalue weighted by molar-refractivity contribution is 4.71. The molecular formula is C7H15NO2. The molecule has 0 N–H and O–H groups in total. The molecule has 0 heterocycles. The third-order valence-corrected chi connectivity index (χ3v) is 1.64. The average molecular weight is 145 g/mol. The normalized spacial score (nSPS) is 14.8. The monoisotopic (exact) mass is 145 g/mol. The molecule has 0 aromatic heterocycles. The number of rotatable bonds is 2. The van der Waals surface area contributed by atoms with E-state index in [1.807, 2.05) is 27.7 Å². The van der Waals surface area contributed by atoms with E-state index in [2.05, 4.69) is 0 Å². The predicted molar refractivity (Wildman–Crippen MR) is 40.5 cm³/mol. The Morgan fingerprint density at radius 3 is 1.90 bits per heavy atom. The third kappa shape index (κ3) is 2.33. The van der Waals surface area contributed by atoms with Crippen LogP contribution in [0.25, 0.3) is 0 Å². The quantitative estimate of drug-likeness (QED) is 0.441. The van der Waals surface area contributed by atoms with Gasteiger partial charge in [0.25, 0.3) is 0 Å². The largest absolute Gasteiger partial charge is 0.264 e. The highest BCUT2D eigenvalue weighted by atomic mass is 16.6. The summed E-state index contributed by atoms with van der Waals surface area (Å²) in [7, 11) is 0. The van der Waals surface area contributed by atoms with Crippen LogP contribution in [-0.2, 0) is 0 Å². The first kappa shape index (κ1) is 9.40. The van der Waals surface area contributed by atoms with Gasteiger partial charge in [0, 0.05) is 16.8 Å². The van der Waals surface area contributed by atoms with E-state index in [1.54, 1.807) is 0 Å². The summed E-state index contributed by atoms with van der Waals surface area (Å²) in [5.41, 5.74) is -0.210. The predicted octanol–water partition coefficient (Wildman–Crippen LogP) is 2.09. The smallest absolute Gasteiger partial charge is 0.217 e. The van der Waals surface area contributed by atoms with Crippen molar-refractivity contribution in [3.05, 3.63) is 10.1 Å². The molecule has 60 valence electrons. The van der Waals surface area contributed by atoms with Gasteiger partial charge < -0.3 is 0 Å². The molecule has 0 bridgehead atoms. The summed E-state index contributed by atoms with van der Waals surface area (Å²) < 4.78 is 0. The number of hydrogen-bond donors (Lipinski definition) is 0. The SMILES string of the molecule is CCC([N+](=O)[O-])C(C)(C)C. The third-order valence-electron chi connectivity index (χ3n) is 1.64. The van der Waals surface area contributed by atoms with Crippen LogP contribution in [0.15, 0.2) is 0 Å². The fraction of sp³-hybridized carbons (Fsp3) is 1.00. The van der Waals surface area contributed by atoms with Crippen LogP contribution >= 0.6 is 0 Å². The molecule has 0 rings (SSSR count). The van der Waals surface area contributed by atoms with Crippen molar-refractivity contribution in [3.63, 3.8) is 0 Å². The molecule has 0 aromatic rings. The molecule has 0 saturated carbocycles. The van der Waals surface area contributed by atoms with Crippen molar-refractivity contribution in [1.82, 2.24) is 0 Å². The molecule has 1 unspecified atom stereocenters. The van der Waals surface area contributed by atoms with Crippen LogP contribution in [0.2, 0.25) is 0 Å². The van der Waals surface area contributed by atoms with Crippen molar-refractivity contribution < 1.29 is 4.92 Å². The topological polar surface area (TPSA) is 43.1 Å². The van der Waals surface area contributed by atoms with E-state index >= 15 is 0 Å². The molecule has 10 heavy (non-hydrogen) atoms. The Bertz CT molecular complexity index is 126. The standard InChI is InChI=1S/C7H15NO2/c1-5-6(8(9)10)7(2,3)4/h6H,5H2,1-4H3. The lowest BCUT2D eigenvalue weighted by Gasteiger charge is -2.21. The minimum Gasteiger partial charge on any atom is -0.264 e. The molecule has 0 saturated heterocycles. The zero-order valence-corrected chi connectivity index (χ0v) is 7.05. The molecule has 0 aromatic carbocycles. The first-order valence-corrected chi connectivity index (χ1v) is 3.53. The molecule has 0 spiro atoms. The van der Waals surface area contributed by atoms with E-state index in [-0.39, 0.29) is 10.3 Å². The van der Waals surface area contributed by atoms with Crippen molar-refractivity contribution in [1.29, 1.82) is 0 Å². The van der Waals surface area contributed by atoms with E-state index in [0.29, 0.717) is 6.42 Å². The van der Waals surface area contributed by atoms with Crippen LogP contribution in [0.1, 0.15) is 34.1 Å². The maximum absolute atomic E-state index is 10.4. The Kier molecular flexibility index (Phi) is 2.81. The highest BCUT2D eigenvalue weighted by Gasteiger charge is 2.32. The fourth-order valence-electron chi connectivity index (χ4n) is 1.08. The highest BCUT2D eigenvalue weighted by Crippen LogP contribution is 2.23. The molecule has 1 atom stereocenters. The van der Waals surface area contributed by atoms with Gasteiger partial charge in [-0.15, -0.1) is 0 Å². The van der Waals surface area contributed by atoms with Gasteiger partial charge in [-0.25, -0.2) is 0 Å². The van der Waals surface area contributed by atoms with E-state index in [9.17, 15) is 10.1 Å². The molecule has 0 aliphatic carbocycles. The van der Waals surface area contributed by atoms with Crippen molar-refractivity contribution >= 4 is 0 Å². The van der Waals surface area contributed by atoms with Crippen LogP contribution < -0.4 is 0 Å². The van der Waals surface area contributed by atoms with Gasteiger partial charge in [0.15, 0.2) is 0 Å². The van der Waals surface area contributed by atoms with Crippen LogP contribution in [0, 0.1) is 15.5 Å². The maximum atomic E-state index is 10.4. The lowest BCUT2D eigenvalue weighted by molar-refractivity contribution is -0.540. The first-order chi connectivity index (χ1) is 4.39. The second-order valence-electron chi connectivity index (χ2n) is 3.58. The van der Waals surface area contributed by atoms with E-state index < -0.39 is 6.04 Å². The molecule has 0 aliphatic heterocycles. The van der Waals surface area contributed by atoms with Gasteiger partial charge in [-0.1, -0.05) is 27.7 Å². The van der Waals surface area contributed by atoms with Crippen LogP contribution in [0.3, 0.4) is 0 Å². The molecule has 0 amide bonds. The average Bonchev–Trinajstić information content (AvgIpc) is 1.60. The van der Waals surface area contributed by atoms with Gasteiger partial charge >= 0.3 is 0 Å². The Labute approximate surface area is 61.6 Å². The maximum Gasteiger partial charge on any atom is 0.217 e. The summed E-state index contributed by atoms with van der Waals surface area (Å²) in [5.74, 6) is 0. The summed E-state index contributed by atoms with van der Waals surface area (Å²) in [4.78, 5) is 10.2. The van der Waals surface area contributed by atoms with Gasteiger partial charge in [-0.05, 0) is 0 Å². The van der Waals surface area contributed by atoms with Crippen molar-refractivity contribution in [2.75, 3.05) is 0 Å². The Hall–Kier alpha value is -0.600. The minimum atomic E-state index is -0.410. The van der Waals surface area contributed by atoms with Gasteiger partial charge in [0.1, 0.15) is 0 Å². The molecule has 0 aliphatic rings. The van der Waals surface area contributed by atoms with Crippen LogP contribution in [0.4, 0.5) is 0 Å². The van der Waals surface area contributed by atoms with E-state index in [1.165, 1.54) is 0 Å². The zero-order valence-electron chi connectivity index (χ0n) is 7.05. The second kappa shape index (κ2) is 2.99. The Morgan fingerprint density at radius 1 is 1.50 bits per heavy atom. The summed E-state index contributed by atoms with van der Waals surface area (Å²) in [5, 5.41) is 10.4.